The molecule has 0 spiro atoms. The van der Waals surface area contributed by atoms with Crippen molar-refractivity contribution in [2.45, 2.75) is 12.8 Å². The van der Waals surface area contributed by atoms with Gasteiger partial charge in [-0.3, -0.25) is 0 Å². The lowest BCUT2D eigenvalue weighted by atomic mass is 10.2. The van der Waals surface area contributed by atoms with E-state index in [2.05, 4.69) is 30.3 Å². The van der Waals surface area contributed by atoms with Crippen LogP contribution in [-0.4, -0.2) is 66.5 Å². The Bertz CT molecular complexity index is 1120. The van der Waals surface area contributed by atoms with Gasteiger partial charge in [0.2, 0.25) is 23.6 Å². The van der Waals surface area contributed by atoms with Gasteiger partial charge >= 0.3 is 5.97 Å². The van der Waals surface area contributed by atoms with Gasteiger partial charge in [-0.25, -0.2) is 10.2 Å². The second-order valence-electron chi connectivity index (χ2n) is 7.86. The van der Waals surface area contributed by atoms with Crippen molar-refractivity contribution >= 4 is 30.0 Å². The molecule has 176 valence electrons. The summed E-state index contributed by atoms with van der Waals surface area (Å²) in [5.74, 6) is 1.69. The van der Waals surface area contributed by atoms with Crippen molar-refractivity contribution in [3.05, 3.63) is 54.0 Å². The SMILES string of the molecule is O=C(Oc1ccc(/C=N/Nc2nc(N3CCCC3)nc(N3CCOCC3)n2)cc1)c1ccco1. The zero-order valence-corrected chi connectivity index (χ0v) is 18.6. The number of anilines is 3. The molecule has 11 nitrogen and oxygen atoms in total. The average Bonchev–Trinajstić information content (AvgIpc) is 3.60. The number of hydrazone groups is 1. The predicted octanol–water partition coefficient (Wildman–Crippen LogP) is 2.57. The Balaban J connectivity index is 1.25. The van der Waals surface area contributed by atoms with Crippen LogP contribution in [0.5, 0.6) is 5.75 Å². The molecule has 2 aromatic heterocycles. The Labute approximate surface area is 196 Å². The molecule has 1 aromatic carbocycles. The number of carbonyl (C=O) groups is 1. The fraction of sp³-hybridized carbons (Fsp3) is 0.348. The van der Waals surface area contributed by atoms with E-state index in [1.54, 1.807) is 42.6 Å². The van der Waals surface area contributed by atoms with E-state index in [1.165, 1.54) is 6.26 Å². The number of nitrogens with one attached hydrogen (secondary N) is 1. The Kier molecular flexibility index (Phi) is 6.61. The van der Waals surface area contributed by atoms with Crippen LogP contribution in [0.3, 0.4) is 0 Å². The Morgan fingerprint density at radius 2 is 1.68 bits per heavy atom. The lowest BCUT2D eigenvalue weighted by molar-refractivity contribution is 0.0701. The molecule has 2 aliphatic rings. The molecule has 0 saturated carbocycles. The molecule has 0 unspecified atom stereocenters. The summed E-state index contributed by atoms with van der Waals surface area (Å²) < 4.78 is 15.8. The first-order valence-electron chi connectivity index (χ1n) is 11.2. The lowest BCUT2D eigenvalue weighted by Gasteiger charge is -2.27. The van der Waals surface area contributed by atoms with E-state index in [4.69, 9.17) is 18.9 Å². The van der Waals surface area contributed by atoms with E-state index in [1.807, 2.05) is 0 Å². The van der Waals surface area contributed by atoms with Crippen molar-refractivity contribution in [1.29, 1.82) is 0 Å². The highest BCUT2D eigenvalue weighted by Gasteiger charge is 2.21. The van der Waals surface area contributed by atoms with Crippen LogP contribution in [0.25, 0.3) is 0 Å². The monoisotopic (exact) mass is 463 g/mol. The summed E-state index contributed by atoms with van der Waals surface area (Å²) in [6, 6.07) is 10.1. The zero-order chi connectivity index (χ0) is 23.2. The Hall–Kier alpha value is -3.99. The van der Waals surface area contributed by atoms with Crippen LogP contribution in [-0.2, 0) is 4.74 Å². The molecule has 4 heterocycles. The fourth-order valence-electron chi connectivity index (χ4n) is 3.71. The second-order valence-corrected chi connectivity index (χ2v) is 7.86. The number of rotatable bonds is 7. The van der Waals surface area contributed by atoms with Crippen molar-refractivity contribution in [1.82, 2.24) is 15.0 Å². The average molecular weight is 463 g/mol. The van der Waals surface area contributed by atoms with Crippen LogP contribution in [0.15, 0.2) is 52.2 Å². The number of hydrogen-bond donors (Lipinski definition) is 1. The minimum absolute atomic E-state index is 0.150. The van der Waals surface area contributed by atoms with Gasteiger partial charge in [-0.2, -0.15) is 20.1 Å². The van der Waals surface area contributed by atoms with Crippen molar-refractivity contribution < 1.29 is 18.7 Å². The summed E-state index contributed by atoms with van der Waals surface area (Å²) in [5, 5.41) is 4.28. The molecule has 0 atom stereocenters. The molecule has 11 heteroatoms. The lowest BCUT2D eigenvalue weighted by Crippen LogP contribution is -2.38. The normalized spacial score (nSPS) is 16.2. The summed E-state index contributed by atoms with van der Waals surface area (Å²) in [7, 11) is 0. The minimum Gasteiger partial charge on any atom is -0.457 e. The first-order chi connectivity index (χ1) is 16.7. The number of aromatic nitrogens is 3. The number of furan rings is 1. The largest absolute Gasteiger partial charge is 0.457 e. The summed E-state index contributed by atoms with van der Waals surface area (Å²) in [6.07, 6.45) is 5.33. The second kappa shape index (κ2) is 10.3. The van der Waals surface area contributed by atoms with Gasteiger partial charge in [-0.05, 0) is 54.8 Å². The van der Waals surface area contributed by atoms with Crippen LogP contribution in [0.1, 0.15) is 29.0 Å². The molecule has 3 aromatic rings. The van der Waals surface area contributed by atoms with E-state index in [-0.39, 0.29) is 5.76 Å². The van der Waals surface area contributed by atoms with Gasteiger partial charge in [0.25, 0.3) is 0 Å². The quantitative estimate of drug-likeness (QED) is 0.242. The third kappa shape index (κ3) is 5.31. The van der Waals surface area contributed by atoms with Crippen LogP contribution in [0.4, 0.5) is 17.8 Å². The Morgan fingerprint density at radius 3 is 2.35 bits per heavy atom. The standard InChI is InChI=1S/C23H25N7O4/c31-20(19-4-3-13-33-19)34-18-7-5-17(6-8-18)16-24-28-21-25-22(29-9-1-2-10-29)27-23(26-21)30-11-14-32-15-12-30/h3-8,13,16H,1-2,9-12,14-15H2,(H,25,26,27,28)/b24-16+. The molecule has 5 rings (SSSR count). The molecule has 0 aliphatic carbocycles. The molecule has 1 N–H and O–H groups in total. The highest BCUT2D eigenvalue weighted by Crippen LogP contribution is 2.21. The maximum absolute atomic E-state index is 12.0. The molecule has 34 heavy (non-hydrogen) atoms. The fourth-order valence-corrected chi connectivity index (χ4v) is 3.71. The highest BCUT2D eigenvalue weighted by atomic mass is 16.5. The van der Waals surface area contributed by atoms with E-state index >= 15 is 0 Å². The van der Waals surface area contributed by atoms with Gasteiger partial charge in [0.15, 0.2) is 0 Å². The number of morpholine rings is 1. The van der Waals surface area contributed by atoms with Crippen molar-refractivity contribution in [3.8, 4) is 5.75 Å². The van der Waals surface area contributed by atoms with Crippen molar-refractivity contribution in [3.63, 3.8) is 0 Å². The highest BCUT2D eigenvalue weighted by molar-refractivity contribution is 5.88. The number of hydrogen-bond acceptors (Lipinski definition) is 11. The molecule has 2 fully saturated rings. The number of benzene rings is 1. The maximum Gasteiger partial charge on any atom is 0.379 e. The first-order valence-corrected chi connectivity index (χ1v) is 11.2. The van der Waals surface area contributed by atoms with Gasteiger partial charge < -0.3 is 23.7 Å². The minimum atomic E-state index is -0.548. The van der Waals surface area contributed by atoms with Crippen LogP contribution in [0.2, 0.25) is 0 Å². The van der Waals surface area contributed by atoms with Crippen molar-refractivity contribution in [2.24, 2.45) is 5.10 Å². The van der Waals surface area contributed by atoms with Crippen LogP contribution >= 0.6 is 0 Å². The van der Waals surface area contributed by atoms with Gasteiger partial charge in [0.1, 0.15) is 5.75 Å². The van der Waals surface area contributed by atoms with E-state index < -0.39 is 5.97 Å². The molecule has 0 amide bonds. The zero-order valence-electron chi connectivity index (χ0n) is 18.6. The topological polar surface area (TPSA) is 118 Å². The molecular formula is C23H25N7O4. The van der Waals surface area contributed by atoms with Crippen LogP contribution in [0, 0.1) is 0 Å². The molecule has 0 bridgehead atoms. The van der Waals surface area contributed by atoms with Gasteiger partial charge in [0.05, 0.1) is 25.7 Å². The van der Waals surface area contributed by atoms with E-state index in [0.29, 0.717) is 36.8 Å². The first kappa shape index (κ1) is 21.8. The molecule has 0 radical (unpaired) electrons. The number of ether oxygens (including phenoxy) is 2. The van der Waals surface area contributed by atoms with Crippen LogP contribution < -0.4 is 20.0 Å². The van der Waals surface area contributed by atoms with Gasteiger partial charge in [0, 0.05) is 26.2 Å². The summed E-state index contributed by atoms with van der Waals surface area (Å²) >= 11 is 0. The Morgan fingerprint density at radius 1 is 0.971 bits per heavy atom. The molecule has 2 aliphatic heterocycles. The number of carbonyl (C=O) groups excluding carboxylic acids is 1. The molecular weight excluding hydrogens is 438 g/mol. The summed E-state index contributed by atoms with van der Waals surface area (Å²) in [6.45, 7) is 4.65. The maximum atomic E-state index is 12.0. The van der Waals surface area contributed by atoms with Gasteiger partial charge in [-0.15, -0.1) is 0 Å². The summed E-state index contributed by atoms with van der Waals surface area (Å²) in [4.78, 5) is 30.1. The van der Waals surface area contributed by atoms with E-state index in [9.17, 15) is 4.79 Å². The smallest absolute Gasteiger partial charge is 0.379 e. The number of esters is 1. The van der Waals surface area contributed by atoms with E-state index in [0.717, 1.165) is 44.6 Å². The van der Waals surface area contributed by atoms with Gasteiger partial charge in [-0.1, -0.05) is 0 Å². The predicted molar refractivity (Wildman–Crippen MR) is 126 cm³/mol. The molecule has 2 saturated heterocycles. The third-order valence-electron chi connectivity index (χ3n) is 5.49. The summed E-state index contributed by atoms with van der Waals surface area (Å²) in [5.41, 5.74) is 3.74. The van der Waals surface area contributed by atoms with Crippen molar-refractivity contribution in [2.75, 3.05) is 54.6 Å². The third-order valence-corrected chi connectivity index (χ3v) is 5.49. The number of nitrogens with zero attached hydrogens (tertiary/aromatic N) is 6.